The summed E-state index contributed by atoms with van der Waals surface area (Å²) in [6, 6.07) is 0. The van der Waals surface area contributed by atoms with E-state index in [-0.39, 0.29) is 13.2 Å². The largest absolute Gasteiger partial charge is 0.459 e. The van der Waals surface area contributed by atoms with Crippen molar-refractivity contribution in [2.45, 2.75) is 26.3 Å². The third kappa shape index (κ3) is 2.43. The Morgan fingerprint density at radius 2 is 2.00 bits per heavy atom. The summed E-state index contributed by atoms with van der Waals surface area (Å²) in [5.41, 5.74) is -1.25. The Hall–Kier alpha value is -1.92. The molecule has 0 aromatic heterocycles. The van der Waals surface area contributed by atoms with E-state index in [0.29, 0.717) is 0 Å². The molecule has 1 heterocycles. The van der Waals surface area contributed by atoms with Gasteiger partial charge >= 0.3 is 11.9 Å². The molecule has 0 aromatic rings. The molecule has 94 valence electrons. The molecule has 1 rings (SSSR count). The van der Waals surface area contributed by atoms with Crippen molar-refractivity contribution in [2.24, 2.45) is 0 Å². The van der Waals surface area contributed by atoms with Gasteiger partial charge in [0.15, 0.2) is 0 Å². The molecule has 1 saturated heterocycles. The Bertz CT molecular complexity index is 388. The number of hydrogen-bond acceptors (Lipinski definition) is 5. The van der Waals surface area contributed by atoms with Gasteiger partial charge in [-0.25, -0.2) is 4.79 Å². The van der Waals surface area contributed by atoms with E-state index >= 15 is 0 Å². The molecule has 17 heavy (non-hydrogen) atoms. The van der Waals surface area contributed by atoms with Gasteiger partial charge in [-0.2, -0.15) is 0 Å². The van der Waals surface area contributed by atoms with Crippen LogP contribution >= 0.6 is 0 Å². The minimum atomic E-state index is -1.25. The van der Waals surface area contributed by atoms with Crippen molar-refractivity contribution < 1.29 is 23.9 Å². The van der Waals surface area contributed by atoms with Crippen LogP contribution in [0.25, 0.3) is 0 Å². The Labute approximate surface area is 98.1 Å². The standard InChI is InChI=1S/C10H14N2O5/c1-4-17-8(15)7(14)12-5-6(13)11-9(16)10(12,2)3/h4-5H2,1-3H3,(H,11,13,16). The fraction of sp³-hybridized carbons (Fsp3) is 0.600. The molecule has 0 aliphatic carbocycles. The third-order valence-corrected chi connectivity index (χ3v) is 2.48. The van der Waals surface area contributed by atoms with Gasteiger partial charge in [-0.05, 0) is 20.8 Å². The summed E-state index contributed by atoms with van der Waals surface area (Å²) in [5, 5.41) is 2.10. The Morgan fingerprint density at radius 3 is 2.53 bits per heavy atom. The number of imide groups is 1. The highest BCUT2D eigenvalue weighted by atomic mass is 16.5. The highest BCUT2D eigenvalue weighted by Gasteiger charge is 2.45. The van der Waals surface area contributed by atoms with Crippen LogP contribution in [0.2, 0.25) is 0 Å². The van der Waals surface area contributed by atoms with Crippen LogP contribution in [0.15, 0.2) is 0 Å². The second kappa shape index (κ2) is 4.52. The highest BCUT2D eigenvalue weighted by molar-refractivity contribution is 6.33. The number of carbonyl (C=O) groups is 4. The van der Waals surface area contributed by atoms with Crippen LogP contribution in [0, 0.1) is 0 Å². The molecule has 0 atom stereocenters. The van der Waals surface area contributed by atoms with Crippen LogP contribution in [-0.2, 0) is 23.9 Å². The zero-order valence-corrected chi connectivity index (χ0v) is 9.90. The Kier molecular flexibility index (Phi) is 3.50. The maximum atomic E-state index is 11.7. The zero-order valence-electron chi connectivity index (χ0n) is 9.90. The first-order valence-electron chi connectivity index (χ1n) is 5.13. The second-order valence-electron chi connectivity index (χ2n) is 4.05. The minimum Gasteiger partial charge on any atom is -0.459 e. The smallest absolute Gasteiger partial charge is 0.397 e. The van der Waals surface area contributed by atoms with E-state index in [0.717, 1.165) is 4.90 Å². The number of nitrogens with one attached hydrogen (secondary N) is 1. The minimum absolute atomic E-state index is 0.0545. The van der Waals surface area contributed by atoms with Gasteiger partial charge in [-0.15, -0.1) is 0 Å². The zero-order chi connectivity index (χ0) is 13.2. The van der Waals surface area contributed by atoms with Crippen LogP contribution in [0.4, 0.5) is 0 Å². The van der Waals surface area contributed by atoms with Crippen LogP contribution in [0.1, 0.15) is 20.8 Å². The van der Waals surface area contributed by atoms with E-state index < -0.39 is 29.2 Å². The van der Waals surface area contributed by atoms with E-state index in [1.54, 1.807) is 6.92 Å². The molecule has 0 bridgehead atoms. The first-order valence-corrected chi connectivity index (χ1v) is 5.13. The average molecular weight is 242 g/mol. The van der Waals surface area contributed by atoms with E-state index in [2.05, 4.69) is 10.1 Å². The van der Waals surface area contributed by atoms with Gasteiger partial charge in [-0.3, -0.25) is 19.7 Å². The van der Waals surface area contributed by atoms with E-state index in [1.165, 1.54) is 13.8 Å². The molecule has 0 saturated carbocycles. The number of carbonyl (C=O) groups excluding carboxylic acids is 4. The predicted molar refractivity (Wildman–Crippen MR) is 55.6 cm³/mol. The van der Waals surface area contributed by atoms with Crippen molar-refractivity contribution in [3.63, 3.8) is 0 Å². The molecule has 3 amide bonds. The van der Waals surface area contributed by atoms with Crippen LogP contribution in [-0.4, -0.2) is 47.3 Å². The van der Waals surface area contributed by atoms with Gasteiger partial charge in [0, 0.05) is 0 Å². The number of rotatable bonds is 1. The average Bonchev–Trinajstić information content (AvgIpc) is 2.23. The molecule has 7 nitrogen and oxygen atoms in total. The molecule has 1 N–H and O–H groups in total. The number of piperazine rings is 1. The van der Waals surface area contributed by atoms with E-state index in [9.17, 15) is 19.2 Å². The Morgan fingerprint density at radius 1 is 1.41 bits per heavy atom. The maximum absolute atomic E-state index is 11.7. The lowest BCUT2D eigenvalue weighted by Gasteiger charge is -2.39. The highest BCUT2D eigenvalue weighted by Crippen LogP contribution is 2.18. The topological polar surface area (TPSA) is 92.8 Å². The normalized spacial score (nSPS) is 18.6. The fourth-order valence-electron chi connectivity index (χ4n) is 1.41. The first kappa shape index (κ1) is 13.1. The van der Waals surface area contributed by atoms with Crippen molar-refractivity contribution >= 4 is 23.7 Å². The van der Waals surface area contributed by atoms with Gasteiger partial charge in [0.2, 0.25) is 5.91 Å². The molecule has 0 unspecified atom stereocenters. The number of hydrogen-bond donors (Lipinski definition) is 1. The molecule has 0 aromatic carbocycles. The number of ether oxygens (including phenoxy) is 1. The second-order valence-corrected chi connectivity index (χ2v) is 4.05. The molecule has 1 aliphatic rings. The molecular formula is C10H14N2O5. The monoisotopic (exact) mass is 242 g/mol. The van der Waals surface area contributed by atoms with Crippen molar-refractivity contribution in [3.8, 4) is 0 Å². The molecular weight excluding hydrogens is 228 g/mol. The molecule has 1 fully saturated rings. The quantitative estimate of drug-likeness (QED) is 0.354. The summed E-state index contributed by atoms with van der Waals surface area (Å²) in [6.45, 7) is 4.18. The summed E-state index contributed by atoms with van der Waals surface area (Å²) in [7, 11) is 0. The maximum Gasteiger partial charge on any atom is 0.397 e. The fourth-order valence-corrected chi connectivity index (χ4v) is 1.41. The summed E-state index contributed by atoms with van der Waals surface area (Å²) >= 11 is 0. The van der Waals surface area contributed by atoms with Crippen molar-refractivity contribution in [2.75, 3.05) is 13.2 Å². The van der Waals surface area contributed by atoms with Crippen molar-refractivity contribution in [1.82, 2.24) is 10.2 Å². The number of nitrogens with zero attached hydrogens (tertiary/aromatic N) is 1. The van der Waals surface area contributed by atoms with Crippen LogP contribution in [0.3, 0.4) is 0 Å². The van der Waals surface area contributed by atoms with Gasteiger partial charge in [0.05, 0.1) is 6.61 Å². The van der Waals surface area contributed by atoms with Gasteiger partial charge in [-0.1, -0.05) is 0 Å². The molecule has 0 radical (unpaired) electrons. The van der Waals surface area contributed by atoms with E-state index in [1.807, 2.05) is 0 Å². The Balaban J connectivity index is 2.94. The molecule has 7 heteroatoms. The third-order valence-electron chi connectivity index (χ3n) is 2.48. The van der Waals surface area contributed by atoms with E-state index in [4.69, 9.17) is 0 Å². The molecule has 0 spiro atoms. The van der Waals surface area contributed by atoms with Crippen molar-refractivity contribution in [3.05, 3.63) is 0 Å². The lowest BCUT2D eigenvalue weighted by Crippen LogP contribution is -2.66. The lowest BCUT2D eigenvalue weighted by atomic mass is 9.98. The van der Waals surface area contributed by atoms with Crippen LogP contribution < -0.4 is 5.32 Å². The molecule has 1 aliphatic heterocycles. The predicted octanol–water partition coefficient (Wildman–Crippen LogP) is -1.19. The summed E-state index contributed by atoms with van der Waals surface area (Å²) in [5.74, 6) is -3.29. The van der Waals surface area contributed by atoms with Crippen molar-refractivity contribution in [1.29, 1.82) is 0 Å². The first-order chi connectivity index (χ1) is 7.80. The van der Waals surface area contributed by atoms with Gasteiger partial charge in [0.1, 0.15) is 12.1 Å². The lowest BCUT2D eigenvalue weighted by molar-refractivity contribution is -0.167. The number of esters is 1. The summed E-state index contributed by atoms with van der Waals surface area (Å²) in [6.07, 6.45) is 0. The van der Waals surface area contributed by atoms with Gasteiger partial charge in [0.25, 0.3) is 5.91 Å². The summed E-state index contributed by atoms with van der Waals surface area (Å²) < 4.78 is 4.55. The van der Waals surface area contributed by atoms with Gasteiger partial charge < -0.3 is 9.64 Å². The summed E-state index contributed by atoms with van der Waals surface area (Å²) in [4.78, 5) is 46.6. The number of amides is 3. The van der Waals surface area contributed by atoms with Crippen LogP contribution in [0.5, 0.6) is 0 Å². The SMILES string of the molecule is CCOC(=O)C(=O)N1CC(=O)NC(=O)C1(C)C.